The third-order valence-electron chi connectivity index (χ3n) is 4.16. The van der Waals surface area contributed by atoms with Gasteiger partial charge in [-0.15, -0.1) is 0 Å². The van der Waals surface area contributed by atoms with Crippen LogP contribution in [0, 0.1) is 13.8 Å². The third-order valence-corrected chi connectivity index (χ3v) is 4.16. The average molecular weight is 377 g/mol. The molecule has 9 heteroatoms. The number of nitrogens with one attached hydrogen (secondary N) is 1. The van der Waals surface area contributed by atoms with Gasteiger partial charge in [-0.25, -0.2) is 4.79 Å². The molecule has 9 nitrogen and oxygen atoms in total. The van der Waals surface area contributed by atoms with Gasteiger partial charge >= 0.3 is 11.7 Å². The lowest BCUT2D eigenvalue weighted by Gasteiger charge is -2.09. The van der Waals surface area contributed by atoms with E-state index in [9.17, 15) is 19.2 Å². The van der Waals surface area contributed by atoms with Crippen molar-refractivity contribution in [2.75, 3.05) is 20.3 Å². The fraction of sp³-hybridized carbons (Fsp3) is 0.444. The summed E-state index contributed by atoms with van der Waals surface area (Å²) in [6, 6.07) is 2.89. The van der Waals surface area contributed by atoms with Crippen LogP contribution in [0.15, 0.2) is 27.9 Å². The highest BCUT2D eigenvalue weighted by Crippen LogP contribution is 2.16. The molecule has 146 valence electrons. The number of aryl methyl sites for hydroxylation is 1. The molecule has 0 aliphatic heterocycles. The van der Waals surface area contributed by atoms with Crippen LogP contribution in [0.2, 0.25) is 0 Å². The van der Waals surface area contributed by atoms with Crippen LogP contribution >= 0.6 is 0 Å². The molecule has 27 heavy (non-hydrogen) atoms. The number of aromatic nitrogens is 3. The van der Waals surface area contributed by atoms with E-state index in [4.69, 9.17) is 9.47 Å². The second-order valence-corrected chi connectivity index (χ2v) is 6.10. The zero-order valence-corrected chi connectivity index (χ0v) is 15.6. The number of hydrogen-bond acceptors (Lipinski definition) is 6. The van der Waals surface area contributed by atoms with Gasteiger partial charge in [-0.3, -0.25) is 23.9 Å². The lowest BCUT2D eigenvalue weighted by atomic mass is 10.1. The average Bonchev–Trinajstić information content (AvgIpc) is 2.90. The van der Waals surface area contributed by atoms with Crippen molar-refractivity contribution in [1.29, 1.82) is 0 Å². The Morgan fingerprint density at radius 1 is 1.22 bits per heavy atom. The standard InChI is InChI=1S/C18H23N3O6/c1-12-9-14(13(2)21(12)6-4-8-26-3)15(22)11-27-17(24)10-20-7-5-16(23)19-18(20)25/h5,7,9H,4,6,8,10-11H2,1-3H3,(H,19,23,25). The molecule has 0 radical (unpaired) electrons. The molecule has 1 N–H and O–H groups in total. The fourth-order valence-corrected chi connectivity index (χ4v) is 2.77. The summed E-state index contributed by atoms with van der Waals surface area (Å²) in [5.74, 6) is -1.06. The number of nitrogens with zero attached hydrogens (tertiary/aromatic N) is 2. The molecule has 0 bridgehead atoms. The molecule has 0 saturated heterocycles. The van der Waals surface area contributed by atoms with Gasteiger partial charge in [-0.05, 0) is 26.3 Å². The van der Waals surface area contributed by atoms with Gasteiger partial charge in [0.05, 0.1) is 0 Å². The molecule has 0 atom stereocenters. The Balaban J connectivity index is 1.97. The molecular weight excluding hydrogens is 354 g/mol. The van der Waals surface area contributed by atoms with Crippen molar-refractivity contribution in [3.8, 4) is 0 Å². The summed E-state index contributed by atoms with van der Waals surface area (Å²) in [4.78, 5) is 48.9. The number of hydrogen-bond donors (Lipinski definition) is 1. The van der Waals surface area contributed by atoms with Gasteiger partial charge in [-0.2, -0.15) is 0 Å². The molecule has 0 spiro atoms. The smallest absolute Gasteiger partial charge is 0.328 e. The number of carbonyl (C=O) groups excluding carboxylic acids is 2. The van der Waals surface area contributed by atoms with Crippen LogP contribution in [-0.2, 0) is 27.4 Å². The van der Waals surface area contributed by atoms with Crippen LogP contribution < -0.4 is 11.2 Å². The Bertz CT molecular complexity index is 937. The summed E-state index contributed by atoms with van der Waals surface area (Å²) in [5.41, 5.74) is 0.976. The Morgan fingerprint density at radius 3 is 2.63 bits per heavy atom. The van der Waals surface area contributed by atoms with E-state index in [2.05, 4.69) is 0 Å². The Labute approximate surface area is 155 Å². The second-order valence-electron chi connectivity index (χ2n) is 6.10. The fourth-order valence-electron chi connectivity index (χ4n) is 2.77. The van der Waals surface area contributed by atoms with Gasteiger partial charge in [0.2, 0.25) is 5.78 Å². The van der Waals surface area contributed by atoms with E-state index in [1.165, 1.54) is 6.20 Å². The number of aromatic amines is 1. The molecule has 0 aromatic carbocycles. The topological polar surface area (TPSA) is 112 Å². The molecule has 0 fully saturated rings. The zero-order valence-electron chi connectivity index (χ0n) is 15.6. The first kappa shape index (κ1) is 20.4. The Hall–Kier alpha value is -2.94. The van der Waals surface area contributed by atoms with Crippen LogP contribution in [0.4, 0.5) is 0 Å². The van der Waals surface area contributed by atoms with E-state index < -0.39 is 23.8 Å². The van der Waals surface area contributed by atoms with Crippen molar-refractivity contribution < 1.29 is 19.1 Å². The molecule has 2 heterocycles. The number of Topliss-reactive ketones (excluding diaryl/α,β-unsaturated/α-hetero) is 1. The molecule has 0 amide bonds. The first-order chi connectivity index (χ1) is 12.8. The van der Waals surface area contributed by atoms with Crippen molar-refractivity contribution in [3.63, 3.8) is 0 Å². The summed E-state index contributed by atoms with van der Waals surface area (Å²) in [6.07, 6.45) is 2.02. The number of H-pyrrole nitrogens is 1. The van der Waals surface area contributed by atoms with Gasteiger partial charge in [0, 0.05) is 49.5 Å². The summed E-state index contributed by atoms with van der Waals surface area (Å²) >= 11 is 0. The van der Waals surface area contributed by atoms with Crippen LogP contribution in [0.1, 0.15) is 28.2 Å². The summed E-state index contributed by atoms with van der Waals surface area (Å²) in [7, 11) is 1.64. The van der Waals surface area contributed by atoms with Crippen molar-refractivity contribution >= 4 is 11.8 Å². The molecule has 0 aliphatic rings. The number of methoxy groups -OCH3 is 1. The predicted molar refractivity (Wildman–Crippen MR) is 97.0 cm³/mol. The number of ketones is 1. The second kappa shape index (κ2) is 9.13. The summed E-state index contributed by atoms with van der Waals surface area (Å²) in [5, 5.41) is 0. The number of ether oxygens (including phenoxy) is 2. The first-order valence-corrected chi connectivity index (χ1v) is 8.47. The van der Waals surface area contributed by atoms with Gasteiger partial charge in [0.25, 0.3) is 5.56 Å². The van der Waals surface area contributed by atoms with E-state index >= 15 is 0 Å². The van der Waals surface area contributed by atoms with E-state index in [0.29, 0.717) is 12.2 Å². The normalized spacial score (nSPS) is 10.8. The first-order valence-electron chi connectivity index (χ1n) is 8.47. The minimum absolute atomic E-state index is 0.316. The molecule has 0 aliphatic carbocycles. The maximum absolute atomic E-state index is 12.4. The Kier molecular flexibility index (Phi) is 6.89. The molecule has 0 saturated carbocycles. The van der Waals surface area contributed by atoms with Crippen LogP contribution in [0.25, 0.3) is 0 Å². The maximum Gasteiger partial charge on any atom is 0.328 e. The highest BCUT2D eigenvalue weighted by atomic mass is 16.5. The number of carbonyl (C=O) groups is 2. The highest BCUT2D eigenvalue weighted by Gasteiger charge is 2.17. The van der Waals surface area contributed by atoms with Gasteiger partial charge in [0.1, 0.15) is 6.54 Å². The minimum atomic E-state index is -0.744. The molecule has 0 unspecified atom stereocenters. The number of esters is 1. The highest BCUT2D eigenvalue weighted by molar-refractivity contribution is 5.99. The van der Waals surface area contributed by atoms with Crippen LogP contribution in [0.5, 0.6) is 0 Å². The molecule has 2 aromatic rings. The lowest BCUT2D eigenvalue weighted by Crippen LogP contribution is -2.31. The predicted octanol–water partition coefficient (Wildman–Crippen LogP) is 0.418. The number of rotatable bonds is 9. The lowest BCUT2D eigenvalue weighted by molar-refractivity contribution is -0.143. The van der Waals surface area contributed by atoms with E-state index in [-0.39, 0.29) is 12.3 Å². The van der Waals surface area contributed by atoms with Crippen molar-refractivity contribution in [2.24, 2.45) is 0 Å². The van der Waals surface area contributed by atoms with Crippen molar-refractivity contribution in [2.45, 2.75) is 33.4 Å². The van der Waals surface area contributed by atoms with Crippen molar-refractivity contribution in [1.82, 2.24) is 14.1 Å². The molecule has 2 aromatic heterocycles. The molecule has 2 rings (SSSR count). The maximum atomic E-state index is 12.4. The summed E-state index contributed by atoms with van der Waals surface area (Å²) < 4.78 is 13.0. The van der Waals surface area contributed by atoms with Crippen molar-refractivity contribution in [3.05, 3.63) is 56.1 Å². The zero-order chi connectivity index (χ0) is 20.0. The van der Waals surface area contributed by atoms with Gasteiger partial charge < -0.3 is 14.0 Å². The van der Waals surface area contributed by atoms with E-state index in [1.54, 1.807) is 13.2 Å². The van der Waals surface area contributed by atoms with Gasteiger partial charge in [-0.1, -0.05) is 0 Å². The minimum Gasteiger partial charge on any atom is -0.456 e. The van der Waals surface area contributed by atoms with Crippen LogP contribution in [0.3, 0.4) is 0 Å². The third kappa shape index (κ3) is 5.27. The quantitative estimate of drug-likeness (QED) is 0.385. The largest absolute Gasteiger partial charge is 0.456 e. The molecular formula is C18H23N3O6. The van der Waals surface area contributed by atoms with E-state index in [0.717, 1.165) is 35.0 Å². The summed E-state index contributed by atoms with van der Waals surface area (Å²) in [6.45, 7) is 4.30. The Morgan fingerprint density at radius 2 is 1.96 bits per heavy atom. The van der Waals surface area contributed by atoms with Gasteiger partial charge in [0.15, 0.2) is 6.61 Å². The van der Waals surface area contributed by atoms with E-state index in [1.807, 2.05) is 23.4 Å². The monoisotopic (exact) mass is 377 g/mol. The SMILES string of the molecule is COCCCn1c(C)cc(C(=O)COC(=O)Cn2ccc(=O)[nH]c2=O)c1C. The van der Waals surface area contributed by atoms with Crippen LogP contribution in [-0.4, -0.2) is 46.2 Å².